The van der Waals surface area contributed by atoms with Gasteiger partial charge >= 0.3 is 0 Å². The molecule has 0 spiro atoms. The summed E-state index contributed by atoms with van der Waals surface area (Å²) in [5, 5.41) is 7.25. The summed E-state index contributed by atoms with van der Waals surface area (Å²) in [6.45, 7) is 12.5. The summed E-state index contributed by atoms with van der Waals surface area (Å²) in [5.74, 6) is -0.0861. The largest absolute Gasteiger partial charge is 0.366 e. The number of hydrogen-bond acceptors (Lipinski definition) is 4. The molecule has 0 aliphatic carbocycles. The van der Waals surface area contributed by atoms with Crippen LogP contribution in [-0.4, -0.2) is 28.6 Å². The van der Waals surface area contributed by atoms with Crippen LogP contribution in [0.4, 0.5) is 17.1 Å². The predicted molar refractivity (Wildman–Crippen MR) is 165 cm³/mol. The van der Waals surface area contributed by atoms with E-state index in [9.17, 15) is 4.79 Å². The molecule has 202 valence electrons. The fraction of sp³-hybridized carbons (Fsp3) is 0.344. The van der Waals surface area contributed by atoms with Crippen molar-refractivity contribution in [1.82, 2.24) is 10.3 Å². The highest BCUT2D eigenvalue weighted by atomic mass is 32.1. The highest BCUT2D eigenvalue weighted by Gasteiger charge is 2.41. The van der Waals surface area contributed by atoms with Crippen LogP contribution in [0.5, 0.6) is 0 Å². The van der Waals surface area contributed by atoms with Crippen LogP contribution in [0, 0.1) is 12.8 Å². The first kappa shape index (κ1) is 26.9. The van der Waals surface area contributed by atoms with Crippen molar-refractivity contribution in [3.8, 4) is 0 Å². The number of nitrogens with zero attached hydrogens (tertiary/aromatic N) is 3. The van der Waals surface area contributed by atoms with Crippen molar-refractivity contribution in [1.29, 1.82) is 0 Å². The Balaban J connectivity index is 1.60. The van der Waals surface area contributed by atoms with E-state index in [4.69, 9.17) is 17.2 Å². The average molecular weight is 540 g/mol. The zero-order valence-electron chi connectivity index (χ0n) is 23.7. The van der Waals surface area contributed by atoms with E-state index in [1.807, 2.05) is 57.3 Å². The Hall–Kier alpha value is -3.71. The standard InChI is InChI=1S/C32H37N5OS/c1-19(2)30(38)34-25-13-12-23(16-20(25)3)37-29(28(35-31(37)39)26-10-8-9-15-33-26)22-11-14-27-24(17-22)21(4)18-32(5,6)36(27)7/h8-19,28-29H,1-7H3,(H,34,38)(H,35,39)/t28-,29-/m0/s1. The van der Waals surface area contributed by atoms with Crippen molar-refractivity contribution in [2.75, 3.05) is 22.2 Å². The quantitative estimate of drug-likeness (QED) is 0.348. The maximum atomic E-state index is 12.3. The molecule has 0 bridgehead atoms. The maximum Gasteiger partial charge on any atom is 0.226 e. The molecule has 0 radical (unpaired) electrons. The lowest BCUT2D eigenvalue weighted by Gasteiger charge is -2.41. The summed E-state index contributed by atoms with van der Waals surface area (Å²) in [4.78, 5) is 21.6. The maximum absolute atomic E-state index is 12.3. The lowest BCUT2D eigenvalue weighted by Crippen LogP contribution is -2.42. The van der Waals surface area contributed by atoms with Gasteiger partial charge in [0.2, 0.25) is 5.91 Å². The number of likely N-dealkylation sites (N-methyl/N-ethyl adjacent to an activating group) is 1. The van der Waals surface area contributed by atoms with E-state index < -0.39 is 0 Å². The molecule has 2 N–H and O–H groups in total. The molecular weight excluding hydrogens is 502 g/mol. The second kappa shape index (κ2) is 10.1. The molecule has 2 aliphatic heterocycles. The summed E-state index contributed by atoms with van der Waals surface area (Å²) in [6.07, 6.45) is 4.16. The van der Waals surface area contributed by atoms with Gasteiger partial charge in [-0.1, -0.05) is 32.1 Å². The SMILES string of the molecule is CC1=CC(C)(C)N(C)c2ccc([C@H]3[C@H](c4ccccn4)NC(=S)N3c3ccc(NC(=O)C(C)C)c(C)c3)cc21. The fourth-order valence-electron chi connectivity index (χ4n) is 5.55. The minimum Gasteiger partial charge on any atom is -0.366 e. The number of pyridine rings is 1. The first-order chi connectivity index (χ1) is 18.5. The molecule has 1 fully saturated rings. The topological polar surface area (TPSA) is 60.5 Å². The molecule has 2 atom stereocenters. The number of benzene rings is 2. The third-order valence-electron chi connectivity index (χ3n) is 7.95. The Morgan fingerprint density at radius 1 is 1.10 bits per heavy atom. The lowest BCUT2D eigenvalue weighted by atomic mass is 9.86. The van der Waals surface area contributed by atoms with Gasteiger partial charge in [0.05, 0.1) is 23.3 Å². The number of aromatic nitrogens is 1. The van der Waals surface area contributed by atoms with E-state index in [1.165, 1.54) is 16.8 Å². The van der Waals surface area contributed by atoms with Gasteiger partial charge in [-0.3, -0.25) is 9.78 Å². The molecule has 7 heteroatoms. The smallest absolute Gasteiger partial charge is 0.226 e. The van der Waals surface area contributed by atoms with Crippen LogP contribution in [0.1, 0.15) is 69.1 Å². The van der Waals surface area contributed by atoms with Crippen LogP contribution < -0.4 is 20.4 Å². The van der Waals surface area contributed by atoms with Crippen LogP contribution >= 0.6 is 12.2 Å². The van der Waals surface area contributed by atoms with E-state index in [-0.39, 0.29) is 29.4 Å². The molecule has 1 aromatic heterocycles. The van der Waals surface area contributed by atoms with E-state index >= 15 is 0 Å². The van der Waals surface area contributed by atoms with Gasteiger partial charge in [-0.2, -0.15) is 0 Å². The van der Waals surface area contributed by atoms with Crippen molar-refractivity contribution in [2.45, 2.75) is 59.2 Å². The summed E-state index contributed by atoms with van der Waals surface area (Å²) in [5.41, 5.74) is 8.53. The number of fused-ring (bicyclic) bond motifs is 1. The van der Waals surface area contributed by atoms with E-state index in [0.717, 1.165) is 28.2 Å². The number of rotatable bonds is 5. The summed E-state index contributed by atoms with van der Waals surface area (Å²) < 4.78 is 0. The van der Waals surface area contributed by atoms with Gasteiger partial charge in [0.25, 0.3) is 0 Å². The predicted octanol–water partition coefficient (Wildman–Crippen LogP) is 6.79. The summed E-state index contributed by atoms with van der Waals surface area (Å²) >= 11 is 5.95. The molecule has 2 aliphatic rings. The van der Waals surface area contributed by atoms with Gasteiger partial charge < -0.3 is 20.4 Å². The van der Waals surface area contributed by atoms with Gasteiger partial charge in [0, 0.05) is 41.8 Å². The van der Waals surface area contributed by atoms with E-state index in [0.29, 0.717) is 5.11 Å². The zero-order valence-corrected chi connectivity index (χ0v) is 24.6. The van der Waals surface area contributed by atoms with Gasteiger partial charge in [-0.15, -0.1) is 0 Å². The van der Waals surface area contributed by atoms with Crippen LogP contribution in [-0.2, 0) is 4.79 Å². The molecular formula is C32H37N5OS. The number of aryl methyl sites for hydroxylation is 1. The van der Waals surface area contributed by atoms with E-state index in [2.05, 4.69) is 78.6 Å². The van der Waals surface area contributed by atoms with Crippen molar-refractivity contribution in [3.63, 3.8) is 0 Å². The lowest BCUT2D eigenvalue weighted by molar-refractivity contribution is -0.118. The third-order valence-corrected chi connectivity index (χ3v) is 8.27. The van der Waals surface area contributed by atoms with Gasteiger partial charge in [0.15, 0.2) is 5.11 Å². The Morgan fingerprint density at radius 3 is 2.54 bits per heavy atom. The van der Waals surface area contributed by atoms with Gasteiger partial charge in [-0.25, -0.2) is 0 Å². The molecule has 1 saturated heterocycles. The average Bonchev–Trinajstić information content (AvgIpc) is 3.25. The van der Waals surface area contributed by atoms with Gasteiger partial charge in [-0.05, 0) is 99.1 Å². The van der Waals surface area contributed by atoms with Crippen LogP contribution in [0.3, 0.4) is 0 Å². The van der Waals surface area contributed by atoms with Crippen molar-refractivity contribution < 1.29 is 4.79 Å². The molecule has 2 aromatic carbocycles. The van der Waals surface area contributed by atoms with E-state index in [1.54, 1.807) is 0 Å². The number of allylic oxidation sites excluding steroid dienone is 1. The monoisotopic (exact) mass is 539 g/mol. The highest BCUT2D eigenvalue weighted by molar-refractivity contribution is 7.80. The summed E-state index contributed by atoms with van der Waals surface area (Å²) in [6, 6.07) is 18.6. The summed E-state index contributed by atoms with van der Waals surface area (Å²) in [7, 11) is 2.15. The Morgan fingerprint density at radius 2 is 1.87 bits per heavy atom. The Kier molecular flexibility index (Phi) is 6.97. The van der Waals surface area contributed by atoms with Crippen LogP contribution in [0.25, 0.3) is 5.57 Å². The third kappa shape index (κ3) is 4.91. The highest BCUT2D eigenvalue weighted by Crippen LogP contribution is 2.45. The van der Waals surface area contributed by atoms with Crippen LogP contribution in [0.2, 0.25) is 0 Å². The number of thiocarbonyl (C=S) groups is 1. The molecule has 0 saturated carbocycles. The Labute approximate surface area is 237 Å². The minimum atomic E-state index is -0.126. The molecule has 1 amide bonds. The molecule has 5 rings (SSSR count). The first-order valence-electron chi connectivity index (χ1n) is 13.5. The van der Waals surface area contributed by atoms with Crippen LogP contribution in [0.15, 0.2) is 66.9 Å². The van der Waals surface area contributed by atoms with Crippen molar-refractivity contribution in [3.05, 3.63) is 89.3 Å². The minimum absolute atomic E-state index is 0.00271. The van der Waals surface area contributed by atoms with Crippen molar-refractivity contribution in [2.24, 2.45) is 5.92 Å². The van der Waals surface area contributed by atoms with Crippen molar-refractivity contribution >= 4 is 45.9 Å². The normalized spacial score (nSPS) is 20.0. The number of amides is 1. The number of carbonyl (C=O) groups excluding carboxylic acids is 1. The fourth-order valence-corrected chi connectivity index (χ4v) is 5.89. The first-order valence-corrected chi connectivity index (χ1v) is 13.9. The second-order valence-corrected chi connectivity index (χ2v) is 11.8. The number of nitrogens with one attached hydrogen (secondary N) is 2. The molecule has 39 heavy (non-hydrogen) atoms. The molecule has 3 aromatic rings. The number of carbonyl (C=O) groups is 1. The molecule has 0 unspecified atom stereocenters. The second-order valence-electron chi connectivity index (χ2n) is 11.5. The van der Waals surface area contributed by atoms with Gasteiger partial charge in [0.1, 0.15) is 0 Å². The number of anilines is 3. The number of hydrogen-bond donors (Lipinski definition) is 2. The Bertz CT molecular complexity index is 1460. The molecule has 3 heterocycles. The zero-order chi connectivity index (χ0) is 28.1. The molecule has 6 nitrogen and oxygen atoms in total.